The average Bonchev–Trinajstić information content (AvgIpc) is 2.87. The molecule has 0 spiro atoms. The molecule has 1 aromatic heterocycles. The third-order valence-electron chi connectivity index (χ3n) is 2.25. The molecule has 0 radical (unpaired) electrons. The van der Waals surface area contributed by atoms with Crippen LogP contribution in [0.2, 0.25) is 0 Å². The van der Waals surface area contributed by atoms with Crippen LogP contribution in [0, 0.1) is 5.82 Å². The van der Waals surface area contributed by atoms with Gasteiger partial charge in [0.15, 0.2) is 10.8 Å². The molecule has 5 nitrogen and oxygen atoms in total. The van der Waals surface area contributed by atoms with Crippen molar-refractivity contribution in [1.29, 1.82) is 0 Å². The van der Waals surface area contributed by atoms with Gasteiger partial charge in [0.05, 0.1) is 0 Å². The molecule has 0 saturated heterocycles. The largest absolute Gasteiger partial charge is 0.476 e. The van der Waals surface area contributed by atoms with Crippen LogP contribution in [0.3, 0.4) is 0 Å². The topological polar surface area (TPSA) is 79.3 Å². The zero-order valence-corrected chi connectivity index (χ0v) is 10.9. The second-order valence-corrected chi connectivity index (χ2v) is 4.58. The van der Waals surface area contributed by atoms with Crippen molar-refractivity contribution >= 4 is 34.4 Å². The molecule has 2 N–H and O–H groups in total. The van der Waals surface area contributed by atoms with Gasteiger partial charge in [-0.05, 0) is 23.8 Å². The third kappa shape index (κ3) is 3.72. The van der Waals surface area contributed by atoms with Gasteiger partial charge in [-0.25, -0.2) is 14.2 Å². The normalized spacial score (nSPS) is 10.7. The number of nitrogens with one attached hydrogen (secondary N) is 1. The molecule has 1 amide bonds. The molecule has 0 aliphatic heterocycles. The molecule has 0 aliphatic carbocycles. The first-order chi connectivity index (χ1) is 9.54. The van der Waals surface area contributed by atoms with Crippen molar-refractivity contribution in [2.24, 2.45) is 0 Å². The summed E-state index contributed by atoms with van der Waals surface area (Å²) in [5.74, 6) is -1.94. The Morgan fingerprint density at radius 3 is 2.60 bits per heavy atom. The molecule has 0 saturated carbocycles. The highest BCUT2D eigenvalue weighted by Gasteiger charge is 2.09. The molecule has 2 aromatic rings. The number of carboxylic acid groups (broad SMARTS) is 1. The van der Waals surface area contributed by atoms with E-state index in [2.05, 4.69) is 10.3 Å². The number of carbonyl (C=O) groups excluding carboxylic acids is 1. The van der Waals surface area contributed by atoms with Crippen LogP contribution in [0.4, 0.5) is 9.52 Å². The van der Waals surface area contributed by atoms with E-state index in [0.29, 0.717) is 5.56 Å². The standard InChI is InChI=1S/C13H9FN2O3S/c14-9-4-1-8(2-5-9)3-6-11(17)16-13-15-10(7-20-13)12(18)19/h1-7H,(H,18,19)(H,15,16,17)/b6-3+. The molecule has 102 valence electrons. The molecular formula is C13H9FN2O3S. The fourth-order valence-corrected chi connectivity index (χ4v) is 2.01. The molecule has 1 heterocycles. The lowest BCUT2D eigenvalue weighted by Crippen LogP contribution is -2.08. The highest BCUT2D eigenvalue weighted by Crippen LogP contribution is 2.15. The van der Waals surface area contributed by atoms with Crippen molar-refractivity contribution in [3.63, 3.8) is 0 Å². The van der Waals surface area contributed by atoms with Gasteiger partial charge >= 0.3 is 5.97 Å². The highest BCUT2D eigenvalue weighted by molar-refractivity contribution is 7.14. The fraction of sp³-hybridized carbons (Fsp3) is 0. The van der Waals surface area contributed by atoms with E-state index in [9.17, 15) is 14.0 Å². The van der Waals surface area contributed by atoms with Crippen molar-refractivity contribution < 1.29 is 19.1 Å². The zero-order chi connectivity index (χ0) is 14.5. The molecule has 0 aliphatic rings. The van der Waals surface area contributed by atoms with Crippen molar-refractivity contribution in [2.45, 2.75) is 0 Å². The van der Waals surface area contributed by atoms with Crippen LogP contribution in [-0.4, -0.2) is 22.0 Å². The molecule has 2 rings (SSSR count). The summed E-state index contributed by atoms with van der Waals surface area (Å²) in [7, 11) is 0. The van der Waals surface area contributed by atoms with E-state index in [1.807, 2.05) is 0 Å². The summed E-state index contributed by atoms with van der Waals surface area (Å²) >= 11 is 1.02. The first-order valence-corrected chi connectivity index (χ1v) is 6.36. The molecule has 0 atom stereocenters. The van der Waals surface area contributed by atoms with Crippen LogP contribution in [0.1, 0.15) is 16.1 Å². The van der Waals surface area contributed by atoms with Crippen LogP contribution in [0.5, 0.6) is 0 Å². The number of benzene rings is 1. The minimum Gasteiger partial charge on any atom is -0.476 e. The number of hydrogen-bond donors (Lipinski definition) is 2. The van der Waals surface area contributed by atoms with Gasteiger partial charge in [0, 0.05) is 11.5 Å². The second-order valence-electron chi connectivity index (χ2n) is 3.72. The molecular weight excluding hydrogens is 283 g/mol. The maximum absolute atomic E-state index is 12.7. The summed E-state index contributed by atoms with van der Waals surface area (Å²) in [5, 5.41) is 12.7. The first kappa shape index (κ1) is 13.9. The number of thiazole rings is 1. The van der Waals surface area contributed by atoms with E-state index in [0.717, 1.165) is 11.3 Å². The van der Waals surface area contributed by atoms with Crippen LogP contribution in [0.25, 0.3) is 6.08 Å². The van der Waals surface area contributed by atoms with E-state index in [1.54, 1.807) is 0 Å². The number of hydrogen-bond acceptors (Lipinski definition) is 4. The second kappa shape index (κ2) is 6.07. The van der Waals surface area contributed by atoms with E-state index >= 15 is 0 Å². The summed E-state index contributed by atoms with van der Waals surface area (Å²) in [4.78, 5) is 25.9. The van der Waals surface area contributed by atoms with Gasteiger partial charge in [-0.2, -0.15) is 0 Å². The molecule has 1 aromatic carbocycles. The van der Waals surface area contributed by atoms with Gasteiger partial charge in [-0.1, -0.05) is 12.1 Å². The van der Waals surface area contributed by atoms with Crippen LogP contribution in [-0.2, 0) is 4.79 Å². The summed E-state index contributed by atoms with van der Waals surface area (Å²) in [6.45, 7) is 0. The number of amides is 1. The number of anilines is 1. The Kier molecular flexibility index (Phi) is 4.21. The fourth-order valence-electron chi connectivity index (χ4n) is 1.32. The Balaban J connectivity index is 1.97. The number of rotatable bonds is 4. The summed E-state index contributed by atoms with van der Waals surface area (Å²) < 4.78 is 12.7. The first-order valence-electron chi connectivity index (χ1n) is 5.48. The van der Waals surface area contributed by atoms with Gasteiger partial charge < -0.3 is 5.11 Å². The van der Waals surface area contributed by atoms with Crippen molar-refractivity contribution in [3.8, 4) is 0 Å². The number of carbonyl (C=O) groups is 2. The SMILES string of the molecule is O=C(/C=C/c1ccc(F)cc1)Nc1nc(C(=O)O)cs1. The minimum atomic E-state index is -1.15. The Morgan fingerprint density at radius 2 is 2.00 bits per heavy atom. The predicted octanol–water partition coefficient (Wildman–Crippen LogP) is 2.63. The molecule has 7 heteroatoms. The predicted molar refractivity (Wildman–Crippen MR) is 73.1 cm³/mol. The smallest absolute Gasteiger partial charge is 0.355 e. The lowest BCUT2D eigenvalue weighted by molar-refractivity contribution is -0.111. The van der Waals surface area contributed by atoms with Crippen LogP contribution < -0.4 is 5.32 Å². The number of nitrogens with zero attached hydrogens (tertiary/aromatic N) is 1. The number of aromatic carboxylic acids is 1. The molecule has 0 fully saturated rings. The van der Waals surface area contributed by atoms with Gasteiger partial charge in [0.25, 0.3) is 0 Å². The maximum Gasteiger partial charge on any atom is 0.355 e. The van der Waals surface area contributed by atoms with E-state index in [4.69, 9.17) is 5.11 Å². The summed E-state index contributed by atoms with van der Waals surface area (Å²) in [6.07, 6.45) is 2.77. The van der Waals surface area contributed by atoms with Crippen LogP contribution in [0.15, 0.2) is 35.7 Å². The quantitative estimate of drug-likeness (QED) is 0.849. The van der Waals surface area contributed by atoms with E-state index in [-0.39, 0.29) is 16.6 Å². The van der Waals surface area contributed by atoms with E-state index < -0.39 is 11.9 Å². The molecule has 0 unspecified atom stereocenters. The summed E-state index contributed by atoms with van der Waals surface area (Å²) in [6, 6.07) is 5.64. The monoisotopic (exact) mass is 292 g/mol. The van der Waals surface area contributed by atoms with Gasteiger partial charge in [0.1, 0.15) is 5.82 Å². The van der Waals surface area contributed by atoms with E-state index in [1.165, 1.54) is 41.8 Å². The molecule has 20 heavy (non-hydrogen) atoms. The average molecular weight is 292 g/mol. The van der Waals surface area contributed by atoms with Crippen molar-refractivity contribution in [1.82, 2.24) is 4.98 Å². The lowest BCUT2D eigenvalue weighted by atomic mass is 10.2. The Hall–Kier alpha value is -2.54. The van der Waals surface area contributed by atoms with Gasteiger partial charge in [-0.15, -0.1) is 11.3 Å². The van der Waals surface area contributed by atoms with Gasteiger partial charge in [0.2, 0.25) is 5.91 Å². The van der Waals surface area contributed by atoms with Crippen molar-refractivity contribution in [2.75, 3.05) is 5.32 Å². The van der Waals surface area contributed by atoms with Crippen LogP contribution >= 0.6 is 11.3 Å². The Bertz CT molecular complexity index is 665. The number of aromatic nitrogens is 1. The Labute approximate surface area is 117 Å². The van der Waals surface area contributed by atoms with Gasteiger partial charge in [-0.3, -0.25) is 10.1 Å². The third-order valence-corrected chi connectivity index (χ3v) is 3.01. The maximum atomic E-state index is 12.7. The zero-order valence-electron chi connectivity index (χ0n) is 10.0. The summed E-state index contributed by atoms with van der Waals surface area (Å²) in [5.41, 5.74) is 0.555. The minimum absolute atomic E-state index is 0.118. The number of halogens is 1. The highest BCUT2D eigenvalue weighted by atomic mass is 32.1. The van der Waals surface area contributed by atoms with Crippen molar-refractivity contribution in [3.05, 3.63) is 52.8 Å². The molecule has 0 bridgehead atoms. The lowest BCUT2D eigenvalue weighted by Gasteiger charge is -1.96. The Morgan fingerprint density at radius 1 is 1.30 bits per heavy atom. The number of carboxylic acids is 1.